The van der Waals surface area contributed by atoms with Crippen molar-refractivity contribution in [2.45, 2.75) is 6.04 Å². The molecule has 0 saturated carbocycles. The largest absolute Gasteiger partial charge is 0.481 e. The normalized spacial score (nSPS) is 22.2. The highest BCUT2D eigenvalue weighted by Gasteiger charge is 2.35. The standard InChI is InChI=1S/C12H11F2NO4/c13-6-1-2-9(14)7(3-6)11(16)15-10-5-19-4-8(10)12(17)18/h1-3,8,10H,4-5H2,(H,15,16)(H,17,18). The molecular weight excluding hydrogens is 260 g/mol. The van der Waals surface area contributed by atoms with Crippen molar-refractivity contribution < 1.29 is 28.2 Å². The second kappa shape index (κ2) is 5.31. The molecule has 1 aromatic carbocycles. The molecule has 2 rings (SSSR count). The molecule has 0 bridgehead atoms. The number of carbonyl (C=O) groups excluding carboxylic acids is 1. The molecular formula is C12H11F2NO4. The van der Waals surface area contributed by atoms with Gasteiger partial charge in [-0.2, -0.15) is 0 Å². The molecule has 0 aliphatic carbocycles. The molecule has 102 valence electrons. The van der Waals surface area contributed by atoms with Crippen LogP contribution in [0.2, 0.25) is 0 Å². The van der Waals surface area contributed by atoms with E-state index >= 15 is 0 Å². The molecule has 0 radical (unpaired) electrons. The fourth-order valence-corrected chi connectivity index (χ4v) is 1.86. The average molecular weight is 271 g/mol. The van der Waals surface area contributed by atoms with Gasteiger partial charge >= 0.3 is 5.97 Å². The maximum Gasteiger partial charge on any atom is 0.311 e. The summed E-state index contributed by atoms with van der Waals surface area (Å²) in [5.41, 5.74) is -0.462. The summed E-state index contributed by atoms with van der Waals surface area (Å²) in [5, 5.41) is 11.2. The number of hydrogen-bond acceptors (Lipinski definition) is 3. The van der Waals surface area contributed by atoms with Crippen LogP contribution in [0.4, 0.5) is 8.78 Å². The number of hydrogen-bond donors (Lipinski definition) is 2. The SMILES string of the molecule is O=C(NC1COCC1C(=O)O)c1cc(F)ccc1F. The van der Waals surface area contributed by atoms with Crippen LogP contribution in [0.1, 0.15) is 10.4 Å². The number of carboxylic acid groups (broad SMARTS) is 1. The molecule has 0 aromatic heterocycles. The number of benzene rings is 1. The summed E-state index contributed by atoms with van der Waals surface area (Å²) >= 11 is 0. The van der Waals surface area contributed by atoms with Crippen molar-refractivity contribution in [3.05, 3.63) is 35.4 Å². The first-order valence-electron chi connectivity index (χ1n) is 5.55. The van der Waals surface area contributed by atoms with Crippen LogP contribution in [0.3, 0.4) is 0 Å². The summed E-state index contributed by atoms with van der Waals surface area (Å²) < 4.78 is 31.3. The summed E-state index contributed by atoms with van der Waals surface area (Å²) in [5.74, 6) is -4.48. The molecule has 1 aliphatic heterocycles. The van der Waals surface area contributed by atoms with Gasteiger partial charge in [-0.1, -0.05) is 0 Å². The molecule has 2 unspecified atom stereocenters. The highest BCUT2D eigenvalue weighted by molar-refractivity contribution is 5.95. The van der Waals surface area contributed by atoms with Crippen molar-refractivity contribution in [2.75, 3.05) is 13.2 Å². The second-order valence-corrected chi connectivity index (χ2v) is 4.19. The van der Waals surface area contributed by atoms with E-state index in [-0.39, 0.29) is 13.2 Å². The van der Waals surface area contributed by atoms with Gasteiger partial charge in [-0.3, -0.25) is 9.59 Å². The smallest absolute Gasteiger partial charge is 0.311 e. The van der Waals surface area contributed by atoms with Crippen molar-refractivity contribution in [1.29, 1.82) is 0 Å². The van der Waals surface area contributed by atoms with Crippen LogP contribution in [0.25, 0.3) is 0 Å². The maximum absolute atomic E-state index is 13.4. The van der Waals surface area contributed by atoms with Gasteiger partial charge in [0.2, 0.25) is 0 Å². The zero-order valence-electron chi connectivity index (χ0n) is 9.73. The summed E-state index contributed by atoms with van der Waals surface area (Å²) in [6.45, 7) is 0.00551. The van der Waals surface area contributed by atoms with E-state index in [9.17, 15) is 18.4 Å². The average Bonchev–Trinajstić information content (AvgIpc) is 2.80. The van der Waals surface area contributed by atoms with Gasteiger partial charge in [-0.15, -0.1) is 0 Å². The van der Waals surface area contributed by atoms with E-state index in [1.54, 1.807) is 0 Å². The van der Waals surface area contributed by atoms with Gasteiger partial charge in [0.1, 0.15) is 17.6 Å². The molecule has 7 heteroatoms. The minimum atomic E-state index is -1.11. The predicted octanol–water partition coefficient (Wildman–Crippen LogP) is 0.794. The number of amides is 1. The number of nitrogens with one attached hydrogen (secondary N) is 1. The quantitative estimate of drug-likeness (QED) is 0.852. The Bertz CT molecular complexity index is 520. The Morgan fingerprint density at radius 1 is 1.32 bits per heavy atom. The van der Waals surface area contributed by atoms with Crippen molar-refractivity contribution in [3.63, 3.8) is 0 Å². The fourth-order valence-electron chi connectivity index (χ4n) is 1.86. The first-order valence-corrected chi connectivity index (χ1v) is 5.55. The monoisotopic (exact) mass is 271 g/mol. The van der Waals surface area contributed by atoms with Gasteiger partial charge in [0.15, 0.2) is 0 Å². The van der Waals surface area contributed by atoms with Crippen LogP contribution in [-0.4, -0.2) is 36.2 Å². The van der Waals surface area contributed by atoms with Crippen molar-refractivity contribution >= 4 is 11.9 Å². The van der Waals surface area contributed by atoms with E-state index in [2.05, 4.69) is 5.32 Å². The minimum Gasteiger partial charge on any atom is -0.481 e. The molecule has 2 N–H and O–H groups in total. The number of aliphatic carboxylic acids is 1. The van der Waals surface area contributed by atoms with Crippen molar-refractivity contribution in [1.82, 2.24) is 5.32 Å². The lowest BCUT2D eigenvalue weighted by Crippen LogP contribution is -2.43. The number of rotatable bonds is 3. The first-order chi connectivity index (χ1) is 8.99. The Labute approximate surface area is 107 Å². The number of carbonyl (C=O) groups is 2. The minimum absolute atomic E-state index is 0.0219. The van der Waals surface area contributed by atoms with E-state index < -0.39 is 41.0 Å². The van der Waals surface area contributed by atoms with Crippen LogP contribution >= 0.6 is 0 Å². The third-order valence-corrected chi connectivity index (χ3v) is 2.89. The summed E-state index contributed by atoms with van der Waals surface area (Å²) in [6, 6.07) is 1.73. The molecule has 1 amide bonds. The second-order valence-electron chi connectivity index (χ2n) is 4.19. The highest BCUT2D eigenvalue weighted by atomic mass is 19.1. The summed E-state index contributed by atoms with van der Waals surface area (Å²) in [7, 11) is 0. The van der Waals surface area contributed by atoms with Gasteiger partial charge in [-0.05, 0) is 18.2 Å². The zero-order chi connectivity index (χ0) is 14.0. The van der Waals surface area contributed by atoms with E-state index in [0.717, 1.165) is 18.2 Å². The Morgan fingerprint density at radius 3 is 2.74 bits per heavy atom. The van der Waals surface area contributed by atoms with E-state index in [1.807, 2.05) is 0 Å². The van der Waals surface area contributed by atoms with Crippen LogP contribution in [-0.2, 0) is 9.53 Å². The molecule has 1 aliphatic rings. The third kappa shape index (κ3) is 2.87. The molecule has 1 aromatic rings. The van der Waals surface area contributed by atoms with Crippen molar-refractivity contribution in [2.24, 2.45) is 5.92 Å². The number of halogens is 2. The van der Waals surface area contributed by atoms with Crippen LogP contribution in [0, 0.1) is 17.6 Å². The molecule has 1 saturated heterocycles. The molecule has 2 atom stereocenters. The Morgan fingerprint density at radius 2 is 2.05 bits per heavy atom. The lowest BCUT2D eigenvalue weighted by molar-refractivity contribution is -0.142. The summed E-state index contributed by atoms with van der Waals surface area (Å²) in [4.78, 5) is 22.7. The van der Waals surface area contributed by atoms with E-state index in [1.165, 1.54) is 0 Å². The lowest BCUT2D eigenvalue weighted by atomic mass is 10.0. The van der Waals surface area contributed by atoms with Crippen molar-refractivity contribution in [3.8, 4) is 0 Å². The van der Waals surface area contributed by atoms with E-state index in [4.69, 9.17) is 9.84 Å². The van der Waals surface area contributed by atoms with Gasteiger partial charge in [-0.25, -0.2) is 8.78 Å². The Hall–Kier alpha value is -2.02. The molecule has 1 heterocycles. The van der Waals surface area contributed by atoms with Crippen LogP contribution in [0.5, 0.6) is 0 Å². The van der Waals surface area contributed by atoms with Gasteiger partial charge in [0, 0.05) is 0 Å². The lowest BCUT2D eigenvalue weighted by Gasteiger charge is -2.15. The predicted molar refractivity (Wildman–Crippen MR) is 59.6 cm³/mol. The topological polar surface area (TPSA) is 75.6 Å². The van der Waals surface area contributed by atoms with Gasteiger partial charge in [0.05, 0.1) is 24.8 Å². The Kier molecular flexibility index (Phi) is 3.75. The third-order valence-electron chi connectivity index (χ3n) is 2.89. The molecule has 0 spiro atoms. The van der Waals surface area contributed by atoms with Crippen LogP contribution in [0.15, 0.2) is 18.2 Å². The van der Waals surface area contributed by atoms with Crippen LogP contribution < -0.4 is 5.32 Å². The Balaban J connectivity index is 2.12. The molecule has 5 nitrogen and oxygen atoms in total. The number of ether oxygens (including phenoxy) is 1. The maximum atomic E-state index is 13.4. The first kappa shape index (κ1) is 13.4. The van der Waals surface area contributed by atoms with Gasteiger partial charge in [0.25, 0.3) is 5.91 Å². The highest BCUT2D eigenvalue weighted by Crippen LogP contribution is 2.16. The molecule has 1 fully saturated rings. The molecule has 19 heavy (non-hydrogen) atoms. The van der Waals surface area contributed by atoms with E-state index in [0.29, 0.717) is 0 Å². The van der Waals surface area contributed by atoms with Gasteiger partial charge < -0.3 is 15.2 Å². The number of carboxylic acids is 1. The zero-order valence-corrected chi connectivity index (χ0v) is 9.73. The fraction of sp³-hybridized carbons (Fsp3) is 0.333. The summed E-state index contributed by atoms with van der Waals surface area (Å²) in [6.07, 6.45) is 0.